The van der Waals surface area contributed by atoms with E-state index in [1.165, 1.54) is 16.8 Å². The van der Waals surface area contributed by atoms with Crippen molar-refractivity contribution < 1.29 is 0 Å². The Kier molecular flexibility index (Phi) is 6.74. The number of likely N-dealkylation sites (N-methyl/N-ethyl adjacent to an activating group) is 1. The second kappa shape index (κ2) is 10.1. The third-order valence-electron chi connectivity index (χ3n) is 7.31. The van der Waals surface area contributed by atoms with Gasteiger partial charge in [0, 0.05) is 55.2 Å². The fourth-order valence-electron chi connectivity index (χ4n) is 5.35. The maximum Gasteiger partial charge on any atom is 0.252 e. The number of piperazine rings is 1. The normalized spacial score (nSPS) is 17.9. The second-order valence-corrected chi connectivity index (χ2v) is 9.58. The van der Waals surface area contributed by atoms with E-state index in [4.69, 9.17) is 4.98 Å². The summed E-state index contributed by atoms with van der Waals surface area (Å²) in [6.45, 7) is 4.24. The lowest BCUT2D eigenvalue weighted by Crippen LogP contribution is -2.44. The number of hydrogen-bond donors (Lipinski definition) is 1. The van der Waals surface area contributed by atoms with Crippen LogP contribution in [-0.2, 0) is 6.42 Å². The number of aromatic nitrogens is 3. The molecule has 6 rings (SSSR count). The molecule has 0 radical (unpaired) electrons. The molecule has 1 fully saturated rings. The summed E-state index contributed by atoms with van der Waals surface area (Å²) in [6, 6.07) is 20.3. The molecule has 7 nitrogen and oxygen atoms in total. The predicted molar refractivity (Wildman–Crippen MR) is 147 cm³/mol. The molecule has 1 aliphatic carbocycles. The van der Waals surface area contributed by atoms with Gasteiger partial charge >= 0.3 is 0 Å². The van der Waals surface area contributed by atoms with Crippen LogP contribution in [0.1, 0.15) is 37.4 Å². The monoisotopic (exact) mass is 482 g/mol. The molecule has 4 aromatic rings. The number of rotatable bonds is 4. The van der Waals surface area contributed by atoms with E-state index in [0.29, 0.717) is 11.6 Å². The Bertz CT molecular complexity index is 1410. The summed E-state index contributed by atoms with van der Waals surface area (Å²) in [4.78, 5) is 27.2. The number of nitrogens with zero attached hydrogens (tertiary/aromatic N) is 5. The van der Waals surface area contributed by atoms with Gasteiger partial charge < -0.3 is 15.1 Å². The van der Waals surface area contributed by atoms with Crippen LogP contribution < -0.4 is 15.8 Å². The first-order valence-corrected chi connectivity index (χ1v) is 12.4. The average molecular weight is 483 g/mol. The Morgan fingerprint density at radius 2 is 1.72 bits per heavy atom. The molecule has 36 heavy (non-hydrogen) atoms. The zero-order valence-electron chi connectivity index (χ0n) is 20.0. The Morgan fingerprint density at radius 3 is 2.53 bits per heavy atom. The highest BCUT2D eigenvalue weighted by Gasteiger charge is 2.24. The van der Waals surface area contributed by atoms with E-state index >= 15 is 0 Å². The SMILES string of the molecule is C.CN1CCN(c2ccc(Nc3ncc4ccc(=O)n(C5CCCc6ccccc65)c4n3)cc2)CC1. The maximum absolute atomic E-state index is 13.1. The second-order valence-electron chi connectivity index (χ2n) is 9.58. The number of fused-ring (bicyclic) bond motifs is 2. The maximum atomic E-state index is 13.1. The van der Waals surface area contributed by atoms with Crippen molar-refractivity contribution in [1.29, 1.82) is 0 Å². The van der Waals surface area contributed by atoms with E-state index in [0.717, 1.165) is 56.5 Å². The van der Waals surface area contributed by atoms with Crippen LogP contribution in [-0.4, -0.2) is 52.7 Å². The Morgan fingerprint density at radius 1 is 0.944 bits per heavy atom. The van der Waals surface area contributed by atoms with Crippen LogP contribution in [0.3, 0.4) is 0 Å². The Labute approximate surface area is 212 Å². The molecule has 1 atom stereocenters. The summed E-state index contributed by atoms with van der Waals surface area (Å²) >= 11 is 0. The number of pyridine rings is 1. The first-order chi connectivity index (χ1) is 17.2. The van der Waals surface area contributed by atoms with E-state index in [-0.39, 0.29) is 19.0 Å². The van der Waals surface area contributed by atoms with Crippen LogP contribution in [0.4, 0.5) is 17.3 Å². The number of anilines is 3. The van der Waals surface area contributed by atoms with Crippen molar-refractivity contribution in [2.24, 2.45) is 0 Å². The molecule has 3 heterocycles. The summed E-state index contributed by atoms with van der Waals surface area (Å²) in [5, 5.41) is 4.20. The fourth-order valence-corrected chi connectivity index (χ4v) is 5.35. The van der Waals surface area contributed by atoms with Crippen LogP contribution in [0.5, 0.6) is 0 Å². The van der Waals surface area contributed by atoms with Crippen molar-refractivity contribution in [3.05, 3.63) is 88.3 Å². The fraction of sp³-hybridized carbons (Fsp3) is 0.345. The van der Waals surface area contributed by atoms with Gasteiger partial charge in [0.15, 0.2) is 0 Å². The van der Waals surface area contributed by atoms with Crippen molar-refractivity contribution in [1.82, 2.24) is 19.4 Å². The molecular formula is C29H34N6O. The minimum absolute atomic E-state index is 0. The van der Waals surface area contributed by atoms with Crippen molar-refractivity contribution in [3.63, 3.8) is 0 Å². The summed E-state index contributed by atoms with van der Waals surface area (Å²) in [6.07, 6.45) is 4.84. The van der Waals surface area contributed by atoms with E-state index in [1.807, 2.05) is 10.6 Å². The number of aryl methyl sites for hydroxylation is 1. The van der Waals surface area contributed by atoms with Crippen molar-refractivity contribution in [2.75, 3.05) is 43.4 Å². The Balaban J connectivity index is 0.00000267. The van der Waals surface area contributed by atoms with Gasteiger partial charge in [-0.05, 0) is 67.8 Å². The van der Waals surface area contributed by atoms with Gasteiger partial charge in [0.05, 0.1) is 6.04 Å². The smallest absolute Gasteiger partial charge is 0.252 e. The molecule has 2 aliphatic rings. The average Bonchev–Trinajstić information content (AvgIpc) is 2.89. The van der Waals surface area contributed by atoms with E-state index in [2.05, 4.69) is 75.7 Å². The summed E-state index contributed by atoms with van der Waals surface area (Å²) < 4.78 is 1.86. The molecule has 0 amide bonds. The molecule has 0 bridgehead atoms. The van der Waals surface area contributed by atoms with Crippen LogP contribution in [0.25, 0.3) is 11.0 Å². The third-order valence-corrected chi connectivity index (χ3v) is 7.31. The molecule has 1 aliphatic heterocycles. The molecule has 7 heteroatoms. The lowest BCUT2D eigenvalue weighted by molar-refractivity contribution is 0.313. The topological polar surface area (TPSA) is 66.3 Å². The molecule has 0 saturated carbocycles. The number of nitrogens with one attached hydrogen (secondary N) is 1. The van der Waals surface area contributed by atoms with Crippen molar-refractivity contribution >= 4 is 28.4 Å². The van der Waals surface area contributed by atoms with Crippen LogP contribution in [0, 0.1) is 0 Å². The number of benzene rings is 2. The van der Waals surface area contributed by atoms with Gasteiger partial charge in [-0.3, -0.25) is 9.36 Å². The van der Waals surface area contributed by atoms with Gasteiger partial charge in [0.1, 0.15) is 5.65 Å². The third kappa shape index (κ3) is 4.58. The van der Waals surface area contributed by atoms with Gasteiger partial charge in [0.2, 0.25) is 5.95 Å². The predicted octanol–water partition coefficient (Wildman–Crippen LogP) is 4.85. The zero-order valence-corrected chi connectivity index (χ0v) is 20.0. The molecular weight excluding hydrogens is 448 g/mol. The zero-order chi connectivity index (χ0) is 23.8. The summed E-state index contributed by atoms with van der Waals surface area (Å²) in [7, 11) is 2.17. The molecule has 0 spiro atoms. The summed E-state index contributed by atoms with van der Waals surface area (Å²) in [5.41, 5.74) is 5.34. The van der Waals surface area contributed by atoms with Crippen LogP contribution in [0.15, 0.2) is 71.7 Å². The van der Waals surface area contributed by atoms with Crippen molar-refractivity contribution in [2.45, 2.75) is 32.7 Å². The van der Waals surface area contributed by atoms with Gasteiger partial charge in [-0.15, -0.1) is 0 Å². The highest BCUT2D eigenvalue weighted by atomic mass is 16.1. The Hall–Kier alpha value is -3.71. The largest absolute Gasteiger partial charge is 0.369 e. The standard InChI is InChI=1S/C28H30N6O.CH4/c1-32-15-17-33(18-16-32)23-12-10-22(11-13-23)30-28-29-19-21-9-14-26(35)34(27(21)31-28)25-8-4-6-20-5-2-3-7-24(20)25;/h2-3,5,7,9-14,19,25H,4,6,8,15-18H2,1H3,(H,29,30,31);1H4. The molecule has 2 aromatic heterocycles. The van der Waals surface area contributed by atoms with Gasteiger partial charge in [0.25, 0.3) is 5.56 Å². The van der Waals surface area contributed by atoms with Gasteiger partial charge in [-0.25, -0.2) is 4.98 Å². The first-order valence-electron chi connectivity index (χ1n) is 12.4. The molecule has 1 N–H and O–H groups in total. The molecule has 1 unspecified atom stereocenters. The lowest BCUT2D eigenvalue weighted by atomic mass is 9.87. The van der Waals surface area contributed by atoms with Crippen molar-refractivity contribution in [3.8, 4) is 0 Å². The number of hydrogen-bond acceptors (Lipinski definition) is 6. The minimum Gasteiger partial charge on any atom is -0.369 e. The van der Waals surface area contributed by atoms with E-state index in [1.54, 1.807) is 12.3 Å². The van der Waals surface area contributed by atoms with E-state index in [9.17, 15) is 4.79 Å². The van der Waals surface area contributed by atoms with Gasteiger partial charge in [-0.1, -0.05) is 31.7 Å². The summed E-state index contributed by atoms with van der Waals surface area (Å²) in [5.74, 6) is 0.494. The highest BCUT2D eigenvalue weighted by Crippen LogP contribution is 2.33. The van der Waals surface area contributed by atoms with Crippen LogP contribution >= 0.6 is 0 Å². The lowest BCUT2D eigenvalue weighted by Gasteiger charge is -2.34. The highest BCUT2D eigenvalue weighted by molar-refractivity contribution is 5.76. The quantitative estimate of drug-likeness (QED) is 0.449. The first kappa shape index (κ1) is 24.0. The molecule has 186 valence electrons. The van der Waals surface area contributed by atoms with E-state index < -0.39 is 0 Å². The molecule has 1 saturated heterocycles. The van der Waals surface area contributed by atoms with Crippen LogP contribution in [0.2, 0.25) is 0 Å². The minimum atomic E-state index is -0.0274. The van der Waals surface area contributed by atoms with Gasteiger partial charge in [-0.2, -0.15) is 4.98 Å². The molecule has 2 aromatic carbocycles.